The van der Waals surface area contributed by atoms with E-state index in [0.29, 0.717) is 25.7 Å². The number of benzene rings is 1. The lowest BCUT2D eigenvalue weighted by Gasteiger charge is -2.21. The molecular weight excluding hydrogens is 366 g/mol. The van der Waals surface area contributed by atoms with E-state index < -0.39 is 0 Å². The van der Waals surface area contributed by atoms with E-state index in [4.69, 9.17) is 14.5 Å². The molecule has 0 amide bonds. The van der Waals surface area contributed by atoms with Crippen LogP contribution in [0.5, 0.6) is 0 Å². The fourth-order valence-corrected chi connectivity index (χ4v) is 3.55. The van der Waals surface area contributed by atoms with E-state index in [0.717, 1.165) is 45.2 Å². The van der Waals surface area contributed by atoms with Gasteiger partial charge in [-0.25, -0.2) is 4.99 Å². The maximum absolute atomic E-state index is 5.71. The average molecular weight is 400 g/mol. The number of methoxy groups -OCH3 is 1. The molecule has 0 aliphatic carbocycles. The number of aliphatic imine (C=N–C) groups is 1. The summed E-state index contributed by atoms with van der Waals surface area (Å²) < 4.78 is 12.7. The summed E-state index contributed by atoms with van der Waals surface area (Å²) in [6.45, 7) is 8.53. The smallest absolute Gasteiger partial charge is 0.194 e. The van der Waals surface area contributed by atoms with E-state index in [9.17, 15) is 0 Å². The van der Waals surface area contributed by atoms with Crippen molar-refractivity contribution in [3.8, 4) is 0 Å². The molecule has 2 heterocycles. The number of ether oxygens (including phenoxy) is 2. The van der Waals surface area contributed by atoms with Crippen molar-refractivity contribution in [1.29, 1.82) is 0 Å². The van der Waals surface area contributed by atoms with Crippen LogP contribution in [0.1, 0.15) is 24.5 Å². The van der Waals surface area contributed by atoms with Crippen LogP contribution in [-0.2, 0) is 22.6 Å². The highest BCUT2D eigenvalue weighted by Gasteiger charge is 2.24. The minimum absolute atomic E-state index is 0.549. The highest BCUT2D eigenvalue weighted by atomic mass is 16.5. The molecule has 158 valence electrons. The van der Waals surface area contributed by atoms with Gasteiger partial charge in [-0.05, 0) is 30.5 Å². The molecule has 3 rings (SSSR count). The van der Waals surface area contributed by atoms with Crippen LogP contribution in [-0.4, -0.2) is 67.2 Å². The summed E-state index contributed by atoms with van der Waals surface area (Å²) in [6, 6.07) is 10.5. The fourth-order valence-electron chi connectivity index (χ4n) is 3.55. The Kier molecular flexibility index (Phi) is 8.52. The van der Waals surface area contributed by atoms with Gasteiger partial charge in [-0.3, -0.25) is 4.68 Å². The number of rotatable bonds is 10. The Morgan fingerprint density at radius 1 is 1.28 bits per heavy atom. The summed E-state index contributed by atoms with van der Waals surface area (Å²) >= 11 is 0. The summed E-state index contributed by atoms with van der Waals surface area (Å²) in [4.78, 5) is 7.24. The first-order valence-electron chi connectivity index (χ1n) is 10.4. The van der Waals surface area contributed by atoms with Gasteiger partial charge in [0.1, 0.15) is 0 Å². The van der Waals surface area contributed by atoms with Gasteiger partial charge in [0.15, 0.2) is 5.96 Å². The second-order valence-electron chi connectivity index (χ2n) is 7.36. The van der Waals surface area contributed by atoms with Gasteiger partial charge in [0.2, 0.25) is 0 Å². The molecule has 1 saturated heterocycles. The van der Waals surface area contributed by atoms with Gasteiger partial charge in [0.05, 0.1) is 32.9 Å². The molecule has 1 fully saturated rings. The third-order valence-corrected chi connectivity index (χ3v) is 5.01. The first kappa shape index (κ1) is 21.3. The van der Waals surface area contributed by atoms with Gasteiger partial charge in [0, 0.05) is 45.1 Å². The second-order valence-corrected chi connectivity index (χ2v) is 7.36. The predicted octanol–water partition coefficient (Wildman–Crippen LogP) is 2.38. The van der Waals surface area contributed by atoms with Crippen LogP contribution >= 0.6 is 0 Å². The Bertz CT molecular complexity index is 747. The van der Waals surface area contributed by atoms with Crippen LogP contribution in [0.25, 0.3) is 0 Å². The van der Waals surface area contributed by atoms with Crippen molar-refractivity contribution in [2.45, 2.75) is 26.4 Å². The number of nitrogens with one attached hydrogen (secondary N) is 1. The number of aromatic nitrogens is 2. The predicted molar refractivity (Wildman–Crippen MR) is 115 cm³/mol. The van der Waals surface area contributed by atoms with E-state index in [1.807, 2.05) is 23.1 Å². The number of hydrogen-bond acceptors (Lipinski definition) is 4. The molecule has 1 N–H and O–H groups in total. The maximum Gasteiger partial charge on any atom is 0.194 e. The van der Waals surface area contributed by atoms with Crippen molar-refractivity contribution in [1.82, 2.24) is 20.0 Å². The van der Waals surface area contributed by atoms with E-state index in [-0.39, 0.29) is 0 Å². The molecule has 1 aromatic heterocycles. The van der Waals surface area contributed by atoms with Crippen LogP contribution in [0.4, 0.5) is 0 Å². The molecule has 1 unspecified atom stereocenters. The number of guanidine groups is 1. The highest BCUT2D eigenvalue weighted by Crippen LogP contribution is 2.17. The molecule has 1 atom stereocenters. The van der Waals surface area contributed by atoms with Crippen LogP contribution in [0.15, 0.2) is 47.7 Å². The lowest BCUT2D eigenvalue weighted by Crippen LogP contribution is -2.40. The van der Waals surface area contributed by atoms with Gasteiger partial charge in [0.25, 0.3) is 0 Å². The highest BCUT2D eigenvalue weighted by molar-refractivity contribution is 5.80. The molecule has 0 saturated carbocycles. The van der Waals surface area contributed by atoms with Crippen molar-refractivity contribution in [2.75, 3.05) is 46.6 Å². The summed E-state index contributed by atoms with van der Waals surface area (Å²) in [6.07, 6.45) is 4.93. The molecule has 1 aliphatic heterocycles. The second kappa shape index (κ2) is 11.6. The van der Waals surface area contributed by atoms with E-state index >= 15 is 0 Å². The molecule has 7 heteroatoms. The van der Waals surface area contributed by atoms with Crippen molar-refractivity contribution in [3.05, 3.63) is 53.9 Å². The van der Waals surface area contributed by atoms with Gasteiger partial charge >= 0.3 is 0 Å². The van der Waals surface area contributed by atoms with Gasteiger partial charge < -0.3 is 19.7 Å². The first-order valence-corrected chi connectivity index (χ1v) is 10.4. The standard InChI is InChI=1S/C22H33N5O2/c1-3-23-22(26-11-8-21(16-26)18-29-13-12-28-2)24-15-19-6-4-7-20(14-19)17-27-10-5-9-25-27/h4-7,9-10,14,21H,3,8,11-13,15-18H2,1-2H3,(H,23,24). The van der Waals surface area contributed by atoms with Crippen LogP contribution in [0.3, 0.4) is 0 Å². The molecule has 0 radical (unpaired) electrons. The maximum atomic E-state index is 5.71. The van der Waals surface area contributed by atoms with E-state index in [1.54, 1.807) is 7.11 Å². The van der Waals surface area contributed by atoms with E-state index in [2.05, 4.69) is 46.5 Å². The minimum Gasteiger partial charge on any atom is -0.382 e. The Morgan fingerprint density at radius 2 is 2.17 bits per heavy atom. The first-order chi connectivity index (χ1) is 14.3. The Balaban J connectivity index is 1.55. The van der Waals surface area contributed by atoms with Crippen LogP contribution in [0.2, 0.25) is 0 Å². The molecule has 0 bridgehead atoms. The Hall–Kier alpha value is -2.38. The monoisotopic (exact) mass is 399 g/mol. The molecule has 2 aromatic rings. The third kappa shape index (κ3) is 6.87. The topological polar surface area (TPSA) is 63.9 Å². The van der Waals surface area contributed by atoms with Crippen LogP contribution in [0, 0.1) is 5.92 Å². The van der Waals surface area contributed by atoms with Gasteiger partial charge in [-0.2, -0.15) is 5.10 Å². The Labute approximate surface area is 173 Å². The fraction of sp³-hybridized carbons (Fsp3) is 0.545. The zero-order valence-corrected chi connectivity index (χ0v) is 17.6. The minimum atomic E-state index is 0.549. The molecular formula is C22H33N5O2. The quantitative estimate of drug-likeness (QED) is 0.378. The molecule has 7 nitrogen and oxygen atoms in total. The van der Waals surface area contributed by atoms with Gasteiger partial charge in [-0.1, -0.05) is 24.3 Å². The van der Waals surface area contributed by atoms with Gasteiger partial charge in [-0.15, -0.1) is 0 Å². The van der Waals surface area contributed by atoms with Crippen molar-refractivity contribution in [3.63, 3.8) is 0 Å². The van der Waals surface area contributed by atoms with Crippen molar-refractivity contribution in [2.24, 2.45) is 10.9 Å². The summed E-state index contributed by atoms with van der Waals surface area (Å²) in [5, 5.41) is 7.73. The number of nitrogens with zero attached hydrogens (tertiary/aromatic N) is 4. The summed E-state index contributed by atoms with van der Waals surface area (Å²) in [7, 11) is 1.70. The lowest BCUT2D eigenvalue weighted by molar-refractivity contribution is 0.0536. The zero-order valence-electron chi connectivity index (χ0n) is 17.6. The summed E-state index contributed by atoms with van der Waals surface area (Å²) in [5.74, 6) is 1.54. The van der Waals surface area contributed by atoms with Crippen molar-refractivity contribution >= 4 is 5.96 Å². The molecule has 1 aromatic carbocycles. The molecule has 29 heavy (non-hydrogen) atoms. The third-order valence-electron chi connectivity index (χ3n) is 5.01. The number of likely N-dealkylation sites (tertiary alicyclic amines) is 1. The normalized spacial score (nSPS) is 17.1. The largest absolute Gasteiger partial charge is 0.382 e. The lowest BCUT2D eigenvalue weighted by atomic mass is 10.1. The molecule has 0 spiro atoms. The average Bonchev–Trinajstić information content (AvgIpc) is 3.41. The number of hydrogen-bond donors (Lipinski definition) is 1. The van der Waals surface area contributed by atoms with Crippen LogP contribution < -0.4 is 5.32 Å². The van der Waals surface area contributed by atoms with Crippen molar-refractivity contribution < 1.29 is 9.47 Å². The zero-order chi connectivity index (χ0) is 20.3. The Morgan fingerprint density at radius 3 is 2.97 bits per heavy atom. The van der Waals surface area contributed by atoms with E-state index in [1.165, 1.54) is 11.1 Å². The summed E-state index contributed by atoms with van der Waals surface area (Å²) in [5.41, 5.74) is 2.45. The SMILES string of the molecule is CCNC(=NCc1cccc(Cn2cccn2)c1)N1CCC(COCCOC)C1. The molecule has 1 aliphatic rings.